The van der Waals surface area contributed by atoms with Crippen molar-refractivity contribution in [3.63, 3.8) is 0 Å². The van der Waals surface area contributed by atoms with Crippen LogP contribution in [0.15, 0.2) is 23.2 Å². The first-order chi connectivity index (χ1) is 11.4. The topological polar surface area (TPSA) is 82.6 Å². The molecule has 0 fully saturated rings. The predicted octanol–water partition coefficient (Wildman–Crippen LogP) is 2.70. The molecule has 3 N–H and O–H groups in total. The van der Waals surface area contributed by atoms with Crippen LogP contribution in [0, 0.1) is 12.7 Å². The van der Waals surface area contributed by atoms with Crippen LogP contribution >= 0.6 is 24.0 Å². The summed E-state index contributed by atoms with van der Waals surface area (Å²) in [5, 5.41) is 6.32. The van der Waals surface area contributed by atoms with Crippen molar-refractivity contribution < 1.29 is 12.8 Å². The summed E-state index contributed by atoms with van der Waals surface area (Å²) in [6.07, 6.45) is 1.12. The summed E-state index contributed by atoms with van der Waals surface area (Å²) in [5.74, 6) is 0.297. The van der Waals surface area contributed by atoms with Crippen molar-refractivity contribution in [1.29, 1.82) is 0 Å². The van der Waals surface area contributed by atoms with Crippen molar-refractivity contribution in [1.82, 2.24) is 15.4 Å². The minimum absolute atomic E-state index is 0. The largest absolute Gasteiger partial charge is 0.357 e. The highest BCUT2D eigenvalue weighted by atomic mass is 127. The Morgan fingerprint density at radius 1 is 1.35 bits per heavy atom. The summed E-state index contributed by atoms with van der Waals surface area (Å²) in [6.45, 7) is 10.0. The minimum Gasteiger partial charge on any atom is -0.357 e. The van der Waals surface area contributed by atoms with Crippen LogP contribution in [0.2, 0.25) is 0 Å². The molecule has 1 unspecified atom stereocenters. The van der Waals surface area contributed by atoms with Gasteiger partial charge in [0, 0.05) is 12.1 Å². The van der Waals surface area contributed by atoms with Crippen LogP contribution in [0.1, 0.15) is 44.9 Å². The molecule has 0 aliphatic carbocycles. The number of halogens is 2. The summed E-state index contributed by atoms with van der Waals surface area (Å²) in [5.41, 5.74) is 0.696. The van der Waals surface area contributed by atoms with Gasteiger partial charge in [-0.25, -0.2) is 17.5 Å². The van der Waals surface area contributed by atoms with Gasteiger partial charge in [-0.1, -0.05) is 12.1 Å². The van der Waals surface area contributed by atoms with Gasteiger partial charge in [-0.05, 0) is 51.8 Å². The summed E-state index contributed by atoms with van der Waals surface area (Å²) >= 11 is 0. The maximum absolute atomic E-state index is 13.7. The van der Waals surface area contributed by atoms with Gasteiger partial charge in [-0.15, -0.1) is 24.0 Å². The first-order valence-corrected chi connectivity index (χ1v) is 10.1. The third kappa shape index (κ3) is 9.13. The molecule has 0 saturated heterocycles. The van der Waals surface area contributed by atoms with Crippen molar-refractivity contribution in [3.05, 3.63) is 35.1 Å². The molecule has 1 aromatic rings. The lowest BCUT2D eigenvalue weighted by atomic mass is 10.1. The number of benzene rings is 1. The van der Waals surface area contributed by atoms with Crippen molar-refractivity contribution in [2.75, 3.05) is 19.3 Å². The van der Waals surface area contributed by atoms with E-state index in [1.165, 1.54) is 6.07 Å². The molecule has 0 aliphatic rings. The Hall–Kier alpha value is -0.940. The highest BCUT2D eigenvalue weighted by Crippen LogP contribution is 2.16. The molecule has 0 bridgehead atoms. The van der Waals surface area contributed by atoms with Crippen LogP contribution in [-0.4, -0.2) is 39.3 Å². The number of nitrogens with one attached hydrogen (secondary N) is 3. The first-order valence-electron chi connectivity index (χ1n) is 8.23. The Labute approximate surface area is 173 Å². The molecule has 1 rings (SSSR count). The van der Waals surface area contributed by atoms with Crippen molar-refractivity contribution >= 4 is 40.0 Å². The second-order valence-electron chi connectivity index (χ2n) is 6.83. The van der Waals surface area contributed by atoms with Crippen LogP contribution in [0.3, 0.4) is 0 Å². The number of aryl methyl sites for hydroxylation is 1. The van der Waals surface area contributed by atoms with Crippen molar-refractivity contribution in [2.45, 2.75) is 46.2 Å². The van der Waals surface area contributed by atoms with E-state index in [1.807, 2.05) is 19.9 Å². The van der Waals surface area contributed by atoms with Gasteiger partial charge < -0.3 is 10.6 Å². The highest BCUT2D eigenvalue weighted by Gasteiger charge is 2.22. The van der Waals surface area contributed by atoms with Crippen LogP contribution in [0.5, 0.6) is 0 Å². The van der Waals surface area contributed by atoms with Gasteiger partial charge in [0.15, 0.2) is 5.96 Å². The van der Waals surface area contributed by atoms with E-state index < -0.39 is 15.6 Å². The summed E-state index contributed by atoms with van der Waals surface area (Å²) in [4.78, 5) is 4.45. The second kappa shape index (κ2) is 10.4. The van der Waals surface area contributed by atoms with Gasteiger partial charge in [0.05, 0.1) is 18.8 Å². The molecule has 0 amide bonds. The Balaban J connectivity index is 0.00000625. The van der Waals surface area contributed by atoms with E-state index in [9.17, 15) is 12.8 Å². The average Bonchev–Trinajstić information content (AvgIpc) is 2.45. The molecule has 26 heavy (non-hydrogen) atoms. The molecule has 150 valence electrons. The SMILES string of the molecule is CCNC(=NCC(C)(C)NS(C)(=O)=O)NC(C)c1ccc(C)c(F)c1.I. The standard InChI is InChI=1S/C17H29FN4O2S.HI/c1-7-19-16(20-11-17(4,5)22-25(6,23)24)21-13(3)14-9-8-12(2)15(18)10-14;/h8-10,13,22H,7,11H2,1-6H3,(H2,19,20,21);1H. The van der Waals surface area contributed by atoms with Crippen molar-refractivity contribution in [3.8, 4) is 0 Å². The minimum atomic E-state index is -3.32. The smallest absolute Gasteiger partial charge is 0.209 e. The molecular formula is C17H30FIN4O2S. The van der Waals surface area contributed by atoms with Gasteiger partial charge in [0.25, 0.3) is 0 Å². The maximum Gasteiger partial charge on any atom is 0.209 e. The van der Waals surface area contributed by atoms with E-state index in [0.29, 0.717) is 18.1 Å². The van der Waals surface area contributed by atoms with Gasteiger partial charge in [0.2, 0.25) is 10.0 Å². The monoisotopic (exact) mass is 500 g/mol. The predicted molar refractivity (Wildman–Crippen MR) is 116 cm³/mol. The van der Waals surface area contributed by atoms with Crippen LogP contribution < -0.4 is 15.4 Å². The Morgan fingerprint density at radius 3 is 2.46 bits per heavy atom. The molecule has 1 atom stereocenters. The Kier molecular flexibility index (Phi) is 10.0. The van der Waals surface area contributed by atoms with E-state index in [0.717, 1.165) is 11.8 Å². The molecule has 0 aromatic heterocycles. The van der Waals surface area contributed by atoms with E-state index in [-0.39, 0.29) is 42.4 Å². The fraction of sp³-hybridized carbons (Fsp3) is 0.588. The number of guanidine groups is 1. The zero-order valence-electron chi connectivity index (χ0n) is 16.2. The molecule has 0 heterocycles. The van der Waals surface area contributed by atoms with E-state index in [2.05, 4.69) is 20.3 Å². The first kappa shape index (κ1) is 25.1. The molecule has 9 heteroatoms. The van der Waals surface area contributed by atoms with E-state index in [1.54, 1.807) is 26.8 Å². The zero-order valence-corrected chi connectivity index (χ0v) is 19.3. The number of hydrogen-bond donors (Lipinski definition) is 3. The van der Waals surface area contributed by atoms with E-state index >= 15 is 0 Å². The summed E-state index contributed by atoms with van der Waals surface area (Å²) in [7, 11) is -3.32. The fourth-order valence-corrected chi connectivity index (χ4v) is 3.37. The lowest BCUT2D eigenvalue weighted by Gasteiger charge is -2.24. The Bertz CT molecular complexity index is 723. The molecule has 0 spiro atoms. The second-order valence-corrected chi connectivity index (χ2v) is 8.58. The molecular weight excluding hydrogens is 470 g/mol. The van der Waals surface area contributed by atoms with Crippen molar-refractivity contribution in [2.24, 2.45) is 4.99 Å². The third-order valence-electron chi connectivity index (χ3n) is 3.49. The van der Waals surface area contributed by atoms with E-state index in [4.69, 9.17) is 0 Å². The molecule has 0 radical (unpaired) electrons. The third-order valence-corrected chi connectivity index (χ3v) is 4.41. The normalized spacial score (nSPS) is 13.7. The highest BCUT2D eigenvalue weighted by molar-refractivity contribution is 14.0. The maximum atomic E-state index is 13.7. The quantitative estimate of drug-likeness (QED) is 0.306. The number of nitrogens with zero attached hydrogens (tertiary/aromatic N) is 1. The number of rotatable bonds is 7. The molecule has 6 nitrogen and oxygen atoms in total. The zero-order chi connectivity index (χ0) is 19.3. The van der Waals surface area contributed by atoms with Gasteiger partial charge in [0.1, 0.15) is 5.82 Å². The number of sulfonamides is 1. The molecule has 0 aliphatic heterocycles. The summed E-state index contributed by atoms with van der Waals surface area (Å²) in [6, 6.07) is 4.96. The number of aliphatic imine (C=N–C) groups is 1. The molecule has 1 aromatic carbocycles. The lowest BCUT2D eigenvalue weighted by Crippen LogP contribution is -2.47. The van der Waals surface area contributed by atoms with Crippen LogP contribution in [0.4, 0.5) is 4.39 Å². The van der Waals surface area contributed by atoms with Crippen LogP contribution in [0.25, 0.3) is 0 Å². The van der Waals surface area contributed by atoms with Crippen LogP contribution in [-0.2, 0) is 10.0 Å². The Morgan fingerprint density at radius 2 is 1.96 bits per heavy atom. The fourth-order valence-electron chi connectivity index (χ4n) is 2.30. The summed E-state index contributed by atoms with van der Waals surface area (Å²) < 4.78 is 39.1. The molecule has 0 saturated carbocycles. The number of hydrogen-bond acceptors (Lipinski definition) is 3. The average molecular weight is 500 g/mol. The van der Waals surface area contributed by atoms with Gasteiger partial charge >= 0.3 is 0 Å². The van der Waals surface area contributed by atoms with Gasteiger partial charge in [-0.3, -0.25) is 4.99 Å². The lowest BCUT2D eigenvalue weighted by molar-refractivity contribution is 0.464. The van der Waals surface area contributed by atoms with Gasteiger partial charge in [-0.2, -0.15) is 0 Å².